The number of pyridine rings is 2. The van der Waals surface area contributed by atoms with Crippen LogP contribution in [0.25, 0.3) is 33.8 Å². The van der Waals surface area contributed by atoms with Gasteiger partial charge < -0.3 is 24.0 Å². The summed E-state index contributed by atoms with van der Waals surface area (Å²) < 4.78 is 2.23. The maximum Gasteiger partial charge on any atom is 0.277 e. The Hall–Kier alpha value is -2.53. The predicted octanol–water partition coefficient (Wildman–Crippen LogP) is 3.69. The Morgan fingerprint density at radius 1 is 0.758 bits per heavy atom. The monoisotopic (exact) mass is 547 g/mol. The molecule has 0 unspecified atom stereocenters. The molecule has 0 bridgehead atoms. The highest BCUT2D eigenvalue weighted by Gasteiger charge is 2.23. The van der Waals surface area contributed by atoms with Crippen molar-refractivity contribution in [1.82, 2.24) is 0 Å². The van der Waals surface area contributed by atoms with E-state index in [1.165, 1.54) is 65.6 Å². The van der Waals surface area contributed by atoms with Gasteiger partial charge in [0.15, 0.2) is 6.20 Å². The minimum absolute atomic E-state index is 0. The first kappa shape index (κ1) is 23.6. The first-order valence-corrected chi connectivity index (χ1v) is 11.9. The molecule has 0 aliphatic heterocycles. The average molecular weight is 548 g/mol. The van der Waals surface area contributed by atoms with Crippen molar-refractivity contribution < 1.29 is 33.5 Å². The van der Waals surface area contributed by atoms with Crippen molar-refractivity contribution in [1.29, 1.82) is 0 Å². The lowest BCUT2D eigenvalue weighted by atomic mass is 9.84. The van der Waals surface area contributed by atoms with Crippen LogP contribution in [0.15, 0.2) is 85.1 Å². The van der Waals surface area contributed by atoms with Crippen molar-refractivity contribution >= 4 is 0 Å². The molecule has 0 atom stereocenters. The van der Waals surface area contributed by atoms with Gasteiger partial charge in [-0.3, -0.25) is 0 Å². The maximum absolute atomic E-state index is 3.75. The minimum Gasteiger partial charge on any atom is -1.00 e. The van der Waals surface area contributed by atoms with Gasteiger partial charge in [0.05, 0.1) is 0 Å². The molecule has 33 heavy (non-hydrogen) atoms. The molecule has 2 heterocycles. The Balaban J connectivity index is 0.00000259. The zero-order chi connectivity index (χ0) is 21.9. The van der Waals surface area contributed by atoms with Crippen LogP contribution in [0.4, 0.5) is 0 Å². The molecule has 0 amide bonds. The number of benzene rings is 2. The van der Waals surface area contributed by atoms with Crippen molar-refractivity contribution in [2.45, 2.75) is 44.9 Å². The lowest BCUT2D eigenvalue weighted by Crippen LogP contribution is -3.00. The highest BCUT2D eigenvalue weighted by atomic mass is 127. The van der Waals surface area contributed by atoms with Crippen LogP contribution in [0, 0.1) is 6.92 Å². The SMILES string of the molecule is Cc1ccc(-c2ccccc2)cc1-c1cccc(-c2cc(C3CCCCC3)cc[n+]2C)[nH+]1.[I-]. The Labute approximate surface area is 214 Å². The van der Waals surface area contributed by atoms with E-state index in [4.69, 9.17) is 0 Å². The van der Waals surface area contributed by atoms with Gasteiger partial charge >= 0.3 is 0 Å². The summed E-state index contributed by atoms with van der Waals surface area (Å²) in [5, 5.41) is 0. The third kappa shape index (κ3) is 5.19. The summed E-state index contributed by atoms with van der Waals surface area (Å²) in [5.41, 5.74) is 10.1. The maximum atomic E-state index is 3.75. The van der Waals surface area contributed by atoms with Crippen molar-refractivity contribution in [2.75, 3.05) is 0 Å². The van der Waals surface area contributed by atoms with Gasteiger partial charge in [-0.05, 0) is 60.1 Å². The van der Waals surface area contributed by atoms with Gasteiger partial charge in [-0.2, -0.15) is 9.55 Å². The molecule has 0 saturated heterocycles. The summed E-state index contributed by atoms with van der Waals surface area (Å²) in [6, 6.07) is 28.6. The molecule has 0 spiro atoms. The largest absolute Gasteiger partial charge is 1.00 e. The highest BCUT2D eigenvalue weighted by molar-refractivity contribution is 5.73. The summed E-state index contributed by atoms with van der Waals surface area (Å²) in [4.78, 5) is 3.75. The number of nitrogens with one attached hydrogen (secondary N) is 1. The average Bonchev–Trinajstić information content (AvgIpc) is 2.86. The van der Waals surface area contributed by atoms with Crippen LogP contribution >= 0.6 is 0 Å². The second kappa shape index (κ2) is 10.6. The van der Waals surface area contributed by atoms with Crippen LogP contribution < -0.4 is 33.5 Å². The molecule has 1 fully saturated rings. The van der Waals surface area contributed by atoms with Gasteiger partial charge in [-0.15, -0.1) is 0 Å². The zero-order valence-electron chi connectivity index (χ0n) is 19.5. The smallest absolute Gasteiger partial charge is 0.277 e. The molecule has 2 nitrogen and oxygen atoms in total. The lowest BCUT2D eigenvalue weighted by molar-refractivity contribution is -0.663. The Morgan fingerprint density at radius 2 is 1.52 bits per heavy atom. The Morgan fingerprint density at radius 3 is 2.30 bits per heavy atom. The molecule has 0 radical (unpaired) electrons. The van der Waals surface area contributed by atoms with Gasteiger partial charge in [-0.1, -0.05) is 61.7 Å². The second-order valence-corrected chi connectivity index (χ2v) is 9.17. The van der Waals surface area contributed by atoms with Gasteiger partial charge in [0, 0.05) is 29.8 Å². The van der Waals surface area contributed by atoms with Crippen LogP contribution in [-0.2, 0) is 7.05 Å². The number of rotatable bonds is 4. The molecule has 2 aromatic heterocycles. The van der Waals surface area contributed by atoms with E-state index in [2.05, 4.69) is 109 Å². The quantitative estimate of drug-likeness (QED) is 0.274. The van der Waals surface area contributed by atoms with Gasteiger partial charge in [-0.25, -0.2) is 0 Å². The topological polar surface area (TPSA) is 18.0 Å². The standard InChI is InChI=1S/C30H31N2.HI/c1-22-16-17-25(23-10-5-3-6-11-23)20-27(22)28-14-9-15-29(31-28)30-21-26(18-19-32(30)2)24-12-7-4-8-13-24;/h3,5-6,9-11,14-21,24H,4,7-8,12-13H2,1-2H3;1H/q+1;. The van der Waals surface area contributed by atoms with E-state index >= 15 is 0 Å². The molecule has 1 N–H and O–H groups in total. The van der Waals surface area contributed by atoms with Crippen LogP contribution in [0.2, 0.25) is 0 Å². The van der Waals surface area contributed by atoms with E-state index in [-0.39, 0.29) is 24.0 Å². The van der Waals surface area contributed by atoms with Crippen molar-refractivity contribution in [2.24, 2.45) is 7.05 Å². The summed E-state index contributed by atoms with van der Waals surface area (Å²) in [6.45, 7) is 2.19. The number of hydrogen-bond donors (Lipinski definition) is 0. The molecular weight excluding hydrogens is 515 g/mol. The number of aromatic amines is 1. The summed E-state index contributed by atoms with van der Waals surface area (Å²) in [6.07, 6.45) is 8.98. The van der Waals surface area contributed by atoms with E-state index in [1.807, 2.05) is 0 Å². The number of nitrogens with zero attached hydrogens (tertiary/aromatic N) is 1. The fourth-order valence-corrected chi connectivity index (χ4v) is 5.04. The summed E-state index contributed by atoms with van der Waals surface area (Å²) >= 11 is 0. The number of H-pyrrole nitrogens is 1. The van der Waals surface area contributed by atoms with E-state index in [0.717, 1.165) is 11.4 Å². The first-order chi connectivity index (χ1) is 15.7. The molecule has 1 aliphatic carbocycles. The molecule has 1 saturated carbocycles. The molecule has 5 rings (SSSR count). The second-order valence-electron chi connectivity index (χ2n) is 9.17. The Bertz CT molecular complexity index is 1230. The van der Waals surface area contributed by atoms with E-state index in [9.17, 15) is 0 Å². The summed E-state index contributed by atoms with van der Waals surface area (Å²) in [7, 11) is 2.14. The van der Waals surface area contributed by atoms with Crippen LogP contribution in [0.5, 0.6) is 0 Å². The molecule has 1 aliphatic rings. The van der Waals surface area contributed by atoms with Crippen LogP contribution in [0.3, 0.4) is 0 Å². The van der Waals surface area contributed by atoms with Crippen molar-refractivity contribution in [3.63, 3.8) is 0 Å². The normalized spacial score (nSPS) is 14.0. The number of hydrogen-bond acceptors (Lipinski definition) is 0. The van der Waals surface area contributed by atoms with Crippen LogP contribution in [0.1, 0.15) is 49.1 Å². The predicted molar refractivity (Wildman–Crippen MR) is 131 cm³/mol. The molecule has 4 aromatic rings. The fraction of sp³-hybridized carbons (Fsp3) is 0.267. The Kier molecular flexibility index (Phi) is 7.59. The zero-order valence-corrected chi connectivity index (χ0v) is 21.7. The minimum atomic E-state index is 0. The number of halogens is 1. The molecule has 168 valence electrons. The van der Waals surface area contributed by atoms with E-state index < -0.39 is 0 Å². The van der Waals surface area contributed by atoms with E-state index in [1.54, 1.807) is 0 Å². The summed E-state index contributed by atoms with van der Waals surface area (Å²) in [5.74, 6) is 0.705. The lowest BCUT2D eigenvalue weighted by Gasteiger charge is -2.21. The molecular formula is C30H32IN2+. The van der Waals surface area contributed by atoms with Gasteiger partial charge in [0.2, 0.25) is 5.69 Å². The number of aryl methyl sites for hydroxylation is 2. The molecule has 3 heteroatoms. The van der Waals surface area contributed by atoms with Crippen molar-refractivity contribution in [3.05, 3.63) is 96.2 Å². The van der Waals surface area contributed by atoms with Gasteiger partial charge in [0.25, 0.3) is 11.4 Å². The van der Waals surface area contributed by atoms with Crippen LogP contribution in [-0.4, -0.2) is 0 Å². The third-order valence-electron chi connectivity index (χ3n) is 6.96. The van der Waals surface area contributed by atoms with Gasteiger partial charge in [0.1, 0.15) is 7.05 Å². The third-order valence-corrected chi connectivity index (χ3v) is 6.96. The first-order valence-electron chi connectivity index (χ1n) is 11.9. The fourth-order valence-electron chi connectivity index (χ4n) is 5.04. The highest BCUT2D eigenvalue weighted by Crippen LogP contribution is 2.33. The molecule has 2 aromatic carbocycles. The number of aromatic nitrogens is 2. The van der Waals surface area contributed by atoms with E-state index in [0.29, 0.717) is 5.92 Å². The van der Waals surface area contributed by atoms with Crippen molar-refractivity contribution in [3.8, 4) is 33.8 Å².